The monoisotopic (exact) mass is 534 g/mol. The number of carbonyl (C=O) groups is 3. The highest BCUT2D eigenvalue weighted by Crippen LogP contribution is 2.66. The number of oxime groups is 1. The van der Waals surface area contributed by atoms with E-state index in [9.17, 15) is 19.5 Å². The van der Waals surface area contributed by atoms with E-state index in [1.165, 1.54) is 24.8 Å². The molecule has 2 N–H and O–H groups in total. The van der Waals surface area contributed by atoms with Crippen LogP contribution in [-0.2, 0) is 25.6 Å². The average Bonchev–Trinajstić information content (AvgIpc) is 3.26. The largest absolute Gasteiger partial charge is 0.480 e. The van der Waals surface area contributed by atoms with E-state index in [2.05, 4.69) is 30.4 Å². The van der Waals surface area contributed by atoms with E-state index in [1.54, 1.807) is 6.92 Å². The van der Waals surface area contributed by atoms with Crippen LogP contribution in [0.25, 0.3) is 0 Å². The summed E-state index contributed by atoms with van der Waals surface area (Å²) in [5.41, 5.74) is 3.46. The van der Waals surface area contributed by atoms with Crippen LogP contribution in [0, 0.1) is 34.5 Å². The summed E-state index contributed by atoms with van der Waals surface area (Å²) < 4.78 is 0. The van der Waals surface area contributed by atoms with Crippen molar-refractivity contribution in [3.63, 3.8) is 0 Å². The third-order valence-electron chi connectivity index (χ3n) is 10.8. The van der Waals surface area contributed by atoms with Gasteiger partial charge in [0.25, 0.3) is 5.91 Å². The van der Waals surface area contributed by atoms with Gasteiger partial charge >= 0.3 is 5.97 Å². The molecule has 1 aromatic carbocycles. The summed E-state index contributed by atoms with van der Waals surface area (Å²) >= 11 is 0. The fraction of sp³-hybridized carbons (Fsp3) is 0.625. The van der Waals surface area contributed by atoms with Gasteiger partial charge in [0.15, 0.2) is 6.61 Å². The Balaban J connectivity index is 1.19. The molecule has 3 saturated carbocycles. The van der Waals surface area contributed by atoms with E-state index in [1.807, 2.05) is 30.3 Å². The normalized spacial score (nSPS) is 35.2. The zero-order valence-electron chi connectivity index (χ0n) is 23.4. The number of aliphatic carboxylic acids is 1. The quantitative estimate of drug-likeness (QED) is 0.438. The van der Waals surface area contributed by atoms with Gasteiger partial charge in [0.2, 0.25) is 0 Å². The summed E-state index contributed by atoms with van der Waals surface area (Å²) in [5.74, 6) is 1.01. The molecule has 4 aliphatic carbocycles. The van der Waals surface area contributed by atoms with E-state index in [4.69, 9.17) is 4.84 Å². The van der Waals surface area contributed by atoms with Crippen LogP contribution in [0.2, 0.25) is 0 Å². The van der Waals surface area contributed by atoms with Crippen LogP contribution < -0.4 is 5.32 Å². The molecule has 7 atom stereocenters. The second-order valence-electron chi connectivity index (χ2n) is 12.8. The number of amides is 1. The number of hydrogen-bond acceptors (Lipinski definition) is 5. The van der Waals surface area contributed by atoms with Crippen LogP contribution >= 0.6 is 0 Å². The van der Waals surface area contributed by atoms with Crippen molar-refractivity contribution in [2.24, 2.45) is 39.7 Å². The topological polar surface area (TPSA) is 105 Å². The Morgan fingerprint density at radius 1 is 1.05 bits per heavy atom. The highest BCUT2D eigenvalue weighted by Gasteiger charge is 2.59. The number of Topliss-reactive ketones (excluding diaryl/α,β-unsaturated/α-hetero) is 1. The zero-order valence-corrected chi connectivity index (χ0v) is 23.4. The lowest BCUT2D eigenvalue weighted by atomic mass is 9.46. The van der Waals surface area contributed by atoms with Gasteiger partial charge in [-0.15, -0.1) is 0 Å². The molecule has 0 aliphatic heterocycles. The number of carboxylic acids is 1. The van der Waals surface area contributed by atoms with E-state index >= 15 is 0 Å². The number of rotatable bonds is 8. The molecular formula is C32H42N2O5. The van der Waals surface area contributed by atoms with E-state index < -0.39 is 17.9 Å². The van der Waals surface area contributed by atoms with E-state index in [-0.39, 0.29) is 29.8 Å². The van der Waals surface area contributed by atoms with Crippen LogP contribution in [0.15, 0.2) is 47.1 Å². The molecule has 1 amide bonds. The maximum atomic E-state index is 12.4. The van der Waals surface area contributed by atoms with Gasteiger partial charge in [-0.25, -0.2) is 4.79 Å². The summed E-state index contributed by atoms with van der Waals surface area (Å²) in [7, 11) is 0. The number of carbonyl (C=O) groups excluding carboxylic acids is 2. The minimum atomic E-state index is -1.08. The van der Waals surface area contributed by atoms with E-state index in [0.717, 1.165) is 43.4 Å². The third-order valence-corrected chi connectivity index (χ3v) is 10.8. The number of nitrogens with one attached hydrogen (secondary N) is 1. The van der Waals surface area contributed by atoms with Crippen LogP contribution in [0.1, 0.15) is 77.7 Å². The second kappa shape index (κ2) is 10.9. The number of allylic oxidation sites excluding steroid dienone is 2. The predicted molar refractivity (Wildman–Crippen MR) is 149 cm³/mol. The van der Waals surface area contributed by atoms with Gasteiger partial charge in [-0.05, 0) is 98.5 Å². The van der Waals surface area contributed by atoms with Crippen molar-refractivity contribution < 1.29 is 24.3 Å². The van der Waals surface area contributed by atoms with Gasteiger partial charge in [-0.2, -0.15) is 0 Å². The first kappa shape index (κ1) is 27.6. The van der Waals surface area contributed by atoms with Gasteiger partial charge in [0.1, 0.15) is 11.8 Å². The molecule has 0 heterocycles. The molecule has 0 bridgehead atoms. The van der Waals surface area contributed by atoms with Crippen LogP contribution in [0.5, 0.6) is 0 Å². The molecule has 39 heavy (non-hydrogen) atoms. The maximum absolute atomic E-state index is 12.4. The Kier molecular flexibility index (Phi) is 7.71. The van der Waals surface area contributed by atoms with E-state index in [0.29, 0.717) is 23.5 Å². The standard InChI is InChI=1S/C32H42N2O5/c1-20(35)25-11-12-26-24-10-9-22-18-23(13-15-31(22,2)27(24)14-16-32(25,26)3)34-39-19-29(36)33-28(30(37)38)17-21-7-5-4-6-8-21/h4-8,18,24-28H,9-17,19H2,1-3H3,(H,33,36)(H,37,38)/t24-,25-,26+,27+,28+,31+,32-/m1/s1. The Morgan fingerprint density at radius 2 is 1.82 bits per heavy atom. The summed E-state index contributed by atoms with van der Waals surface area (Å²) in [6, 6.07) is 8.21. The van der Waals surface area contributed by atoms with Crippen molar-refractivity contribution in [3.05, 3.63) is 47.5 Å². The Labute approximate surface area is 231 Å². The highest BCUT2D eigenvalue weighted by atomic mass is 16.6. The van der Waals surface area contributed by atoms with Crippen LogP contribution in [0.4, 0.5) is 0 Å². The molecule has 0 spiro atoms. The molecule has 1 aromatic rings. The molecule has 0 saturated heterocycles. The summed E-state index contributed by atoms with van der Waals surface area (Å²) in [5, 5.41) is 16.3. The lowest BCUT2D eigenvalue weighted by molar-refractivity contribution is -0.142. The first-order valence-electron chi connectivity index (χ1n) is 14.6. The van der Waals surface area contributed by atoms with Gasteiger partial charge in [0, 0.05) is 12.3 Å². The van der Waals surface area contributed by atoms with Crippen molar-refractivity contribution in [3.8, 4) is 0 Å². The van der Waals surface area contributed by atoms with Gasteiger partial charge in [0.05, 0.1) is 5.71 Å². The summed E-state index contributed by atoms with van der Waals surface area (Å²) in [4.78, 5) is 41.8. The smallest absolute Gasteiger partial charge is 0.326 e. The molecule has 0 radical (unpaired) electrons. The van der Waals surface area contributed by atoms with Crippen molar-refractivity contribution in [2.45, 2.75) is 84.6 Å². The average molecular weight is 535 g/mol. The molecule has 7 nitrogen and oxygen atoms in total. The number of ketones is 1. The number of carboxylic acid groups (broad SMARTS) is 1. The molecule has 4 aliphatic rings. The Bertz CT molecular complexity index is 1180. The van der Waals surface area contributed by atoms with Crippen molar-refractivity contribution >= 4 is 23.4 Å². The van der Waals surface area contributed by atoms with Crippen LogP contribution in [-0.4, -0.2) is 41.1 Å². The number of nitrogens with zero attached hydrogens (tertiary/aromatic N) is 1. The van der Waals surface area contributed by atoms with Crippen LogP contribution in [0.3, 0.4) is 0 Å². The number of hydrogen-bond donors (Lipinski definition) is 2. The lowest BCUT2D eigenvalue weighted by Crippen LogP contribution is -2.51. The number of fused-ring (bicyclic) bond motifs is 5. The first-order chi connectivity index (χ1) is 18.6. The SMILES string of the molecule is CC(=O)[C@H]1CC[C@H]2[C@H]3CCC4=CC(=NOCC(=O)N[C@@H](Cc5ccccc5)C(=O)O)CC[C@]4(C)[C@H]3CC[C@]12C. The molecule has 0 aromatic heterocycles. The third kappa shape index (κ3) is 5.29. The first-order valence-corrected chi connectivity index (χ1v) is 14.6. The second-order valence-corrected chi connectivity index (χ2v) is 12.8. The predicted octanol–water partition coefficient (Wildman–Crippen LogP) is 5.34. The van der Waals surface area contributed by atoms with Crippen molar-refractivity contribution in [1.29, 1.82) is 0 Å². The fourth-order valence-electron chi connectivity index (χ4n) is 8.77. The highest BCUT2D eigenvalue weighted by molar-refractivity contribution is 5.96. The minimum absolute atomic E-state index is 0.154. The summed E-state index contributed by atoms with van der Waals surface area (Å²) in [6.07, 6.45) is 11.0. The fourth-order valence-corrected chi connectivity index (χ4v) is 8.77. The van der Waals surface area contributed by atoms with Crippen molar-refractivity contribution in [1.82, 2.24) is 5.32 Å². The summed E-state index contributed by atoms with van der Waals surface area (Å²) in [6.45, 7) is 6.29. The Morgan fingerprint density at radius 3 is 2.54 bits per heavy atom. The van der Waals surface area contributed by atoms with Gasteiger partial charge in [-0.1, -0.05) is 54.9 Å². The molecule has 210 valence electrons. The number of benzene rings is 1. The minimum Gasteiger partial charge on any atom is -0.480 e. The molecule has 5 rings (SSSR count). The maximum Gasteiger partial charge on any atom is 0.326 e. The lowest BCUT2D eigenvalue weighted by Gasteiger charge is -2.58. The molecule has 7 heteroatoms. The molecule has 0 unspecified atom stereocenters. The Hall–Kier alpha value is -2.96. The van der Waals surface area contributed by atoms with Crippen molar-refractivity contribution in [2.75, 3.05) is 6.61 Å². The van der Waals surface area contributed by atoms with Gasteiger partial charge < -0.3 is 15.3 Å². The molecular weight excluding hydrogens is 492 g/mol. The van der Waals surface area contributed by atoms with Gasteiger partial charge in [-0.3, -0.25) is 9.59 Å². The zero-order chi connectivity index (χ0) is 27.8. The molecule has 3 fully saturated rings.